The largest absolute Gasteiger partial charge is 0.306 e. The van der Waals surface area contributed by atoms with Crippen molar-refractivity contribution in [2.24, 2.45) is 5.92 Å². The molecule has 2 aromatic rings. The minimum absolute atomic E-state index is 0.0578. The third-order valence-corrected chi connectivity index (χ3v) is 3.40. The van der Waals surface area contributed by atoms with E-state index < -0.39 is 17.5 Å². The van der Waals surface area contributed by atoms with Crippen molar-refractivity contribution in [2.75, 3.05) is 0 Å². The monoisotopic (exact) mass is 293 g/mol. The number of hydrogen-bond acceptors (Lipinski definition) is 1. The maximum atomic E-state index is 13.2. The van der Waals surface area contributed by atoms with Gasteiger partial charge in [-0.25, -0.2) is 13.2 Å². The molecule has 1 N–H and O–H groups in total. The van der Waals surface area contributed by atoms with E-state index in [1.54, 1.807) is 0 Å². The van der Waals surface area contributed by atoms with Crippen LogP contribution in [-0.4, -0.2) is 0 Å². The van der Waals surface area contributed by atoms with Crippen LogP contribution in [0.5, 0.6) is 0 Å². The van der Waals surface area contributed by atoms with E-state index in [0.29, 0.717) is 11.5 Å². The van der Waals surface area contributed by atoms with Crippen molar-refractivity contribution in [3.05, 3.63) is 71.0 Å². The predicted molar refractivity (Wildman–Crippen MR) is 77.2 cm³/mol. The van der Waals surface area contributed by atoms with Gasteiger partial charge >= 0.3 is 0 Å². The number of nitrogens with one attached hydrogen (secondary N) is 1. The van der Waals surface area contributed by atoms with Crippen LogP contribution in [0.2, 0.25) is 0 Å². The van der Waals surface area contributed by atoms with Crippen molar-refractivity contribution in [3.8, 4) is 0 Å². The minimum Gasteiger partial charge on any atom is -0.306 e. The predicted octanol–water partition coefficient (Wildman–Crippen LogP) is 4.59. The molecule has 0 aliphatic heterocycles. The van der Waals surface area contributed by atoms with Gasteiger partial charge in [0.2, 0.25) is 0 Å². The van der Waals surface area contributed by atoms with Crippen LogP contribution >= 0.6 is 0 Å². The molecule has 0 fully saturated rings. The Bertz CT molecular complexity index is 573. The van der Waals surface area contributed by atoms with E-state index in [4.69, 9.17) is 0 Å². The lowest BCUT2D eigenvalue weighted by atomic mass is 9.96. The lowest BCUT2D eigenvalue weighted by molar-refractivity contribution is 0.406. The zero-order valence-corrected chi connectivity index (χ0v) is 12.0. The van der Waals surface area contributed by atoms with E-state index >= 15 is 0 Å². The summed E-state index contributed by atoms with van der Waals surface area (Å²) in [6.07, 6.45) is 0. The van der Waals surface area contributed by atoms with Crippen LogP contribution in [-0.2, 0) is 6.54 Å². The first kappa shape index (κ1) is 15.6. The molecule has 1 atom stereocenters. The number of benzene rings is 2. The topological polar surface area (TPSA) is 12.0 Å². The van der Waals surface area contributed by atoms with Crippen molar-refractivity contribution in [1.29, 1.82) is 0 Å². The van der Waals surface area contributed by atoms with Gasteiger partial charge < -0.3 is 5.32 Å². The van der Waals surface area contributed by atoms with Crippen molar-refractivity contribution < 1.29 is 13.2 Å². The van der Waals surface area contributed by atoms with Crippen LogP contribution in [0.4, 0.5) is 13.2 Å². The lowest BCUT2D eigenvalue weighted by Gasteiger charge is -2.23. The maximum absolute atomic E-state index is 13.2. The average Bonchev–Trinajstić information content (AvgIpc) is 2.45. The summed E-state index contributed by atoms with van der Waals surface area (Å²) in [5, 5.41) is 3.27. The molecule has 2 aromatic carbocycles. The normalized spacial score (nSPS) is 12.7. The summed E-state index contributed by atoms with van der Waals surface area (Å²) < 4.78 is 39.3. The van der Waals surface area contributed by atoms with E-state index in [-0.39, 0.29) is 12.6 Å². The second-order valence-electron chi connectivity index (χ2n) is 5.39. The molecule has 0 radical (unpaired) electrons. The van der Waals surface area contributed by atoms with Gasteiger partial charge in [0.05, 0.1) is 0 Å². The lowest BCUT2D eigenvalue weighted by Crippen LogP contribution is -2.25. The van der Waals surface area contributed by atoms with Gasteiger partial charge in [0, 0.05) is 12.6 Å². The van der Waals surface area contributed by atoms with Crippen molar-refractivity contribution in [3.63, 3.8) is 0 Å². The fourth-order valence-corrected chi connectivity index (χ4v) is 2.34. The highest BCUT2D eigenvalue weighted by atomic mass is 19.2. The van der Waals surface area contributed by atoms with Gasteiger partial charge in [-0.15, -0.1) is 0 Å². The summed E-state index contributed by atoms with van der Waals surface area (Å²) in [5.74, 6) is -3.44. The second-order valence-corrected chi connectivity index (χ2v) is 5.39. The van der Waals surface area contributed by atoms with Crippen LogP contribution in [0.15, 0.2) is 42.5 Å². The Hall–Kier alpha value is -1.81. The molecule has 112 valence electrons. The molecule has 2 rings (SSSR count). The Kier molecular flexibility index (Phi) is 5.02. The van der Waals surface area contributed by atoms with E-state index in [1.807, 2.05) is 30.3 Å². The van der Waals surface area contributed by atoms with E-state index in [1.165, 1.54) is 0 Å². The number of hydrogen-bond donors (Lipinski definition) is 1. The van der Waals surface area contributed by atoms with Gasteiger partial charge in [-0.3, -0.25) is 0 Å². The summed E-state index contributed by atoms with van der Waals surface area (Å²) in [7, 11) is 0. The molecule has 0 amide bonds. The Morgan fingerprint density at radius 3 is 2.05 bits per heavy atom. The van der Waals surface area contributed by atoms with E-state index in [2.05, 4.69) is 19.2 Å². The van der Waals surface area contributed by atoms with Gasteiger partial charge in [-0.05, 0) is 29.2 Å². The fraction of sp³-hybridized carbons (Fsp3) is 0.294. The minimum atomic E-state index is -1.43. The molecule has 0 bridgehead atoms. The Morgan fingerprint density at radius 1 is 0.952 bits per heavy atom. The number of rotatable bonds is 5. The molecular weight excluding hydrogens is 275 g/mol. The first-order chi connectivity index (χ1) is 9.99. The molecule has 0 aliphatic carbocycles. The summed E-state index contributed by atoms with van der Waals surface area (Å²) in [6, 6.07) is 11.9. The molecule has 21 heavy (non-hydrogen) atoms. The zero-order chi connectivity index (χ0) is 15.4. The molecule has 1 nitrogen and oxygen atoms in total. The highest BCUT2D eigenvalue weighted by Crippen LogP contribution is 2.22. The first-order valence-electron chi connectivity index (χ1n) is 6.90. The maximum Gasteiger partial charge on any atom is 0.194 e. The first-order valence-corrected chi connectivity index (χ1v) is 6.90. The van der Waals surface area contributed by atoms with Crippen LogP contribution in [0, 0.1) is 23.4 Å². The molecule has 4 heteroatoms. The quantitative estimate of drug-likeness (QED) is 0.795. The van der Waals surface area contributed by atoms with E-state index in [9.17, 15) is 13.2 Å². The zero-order valence-electron chi connectivity index (χ0n) is 12.0. The molecule has 0 aliphatic rings. The molecule has 0 saturated carbocycles. The van der Waals surface area contributed by atoms with Crippen LogP contribution in [0.3, 0.4) is 0 Å². The van der Waals surface area contributed by atoms with Gasteiger partial charge in [-0.2, -0.15) is 0 Å². The van der Waals surface area contributed by atoms with Crippen molar-refractivity contribution in [2.45, 2.75) is 26.4 Å². The van der Waals surface area contributed by atoms with E-state index in [0.717, 1.165) is 17.7 Å². The molecule has 0 heterocycles. The highest BCUT2D eigenvalue weighted by molar-refractivity contribution is 5.22. The number of halogens is 3. The Morgan fingerprint density at radius 2 is 1.52 bits per heavy atom. The molecule has 1 unspecified atom stereocenters. The van der Waals surface area contributed by atoms with Crippen molar-refractivity contribution >= 4 is 0 Å². The summed E-state index contributed by atoms with van der Waals surface area (Å²) in [4.78, 5) is 0. The molecular formula is C17H18F3N. The average molecular weight is 293 g/mol. The summed E-state index contributed by atoms with van der Waals surface area (Å²) in [6.45, 7) is 4.40. The second kappa shape index (κ2) is 6.76. The van der Waals surface area contributed by atoms with Gasteiger partial charge in [-0.1, -0.05) is 44.2 Å². The van der Waals surface area contributed by atoms with Crippen molar-refractivity contribution in [1.82, 2.24) is 5.32 Å². The van der Waals surface area contributed by atoms with Crippen LogP contribution in [0.25, 0.3) is 0 Å². The molecule has 0 spiro atoms. The van der Waals surface area contributed by atoms with Gasteiger partial charge in [0.25, 0.3) is 0 Å². The Balaban J connectivity index is 2.13. The van der Waals surface area contributed by atoms with Gasteiger partial charge in [0.15, 0.2) is 17.5 Å². The SMILES string of the molecule is CC(C)C(NCc1cc(F)c(F)c(F)c1)c1ccccc1. The molecule has 0 aromatic heterocycles. The summed E-state index contributed by atoms with van der Waals surface area (Å²) >= 11 is 0. The third-order valence-electron chi connectivity index (χ3n) is 3.40. The third kappa shape index (κ3) is 3.85. The highest BCUT2D eigenvalue weighted by Gasteiger charge is 2.16. The smallest absolute Gasteiger partial charge is 0.194 e. The molecule has 0 saturated heterocycles. The van der Waals surface area contributed by atoms with Gasteiger partial charge in [0.1, 0.15) is 0 Å². The Labute approximate surface area is 122 Å². The van der Waals surface area contributed by atoms with Crippen LogP contribution < -0.4 is 5.32 Å². The van der Waals surface area contributed by atoms with Crippen LogP contribution in [0.1, 0.15) is 31.0 Å². The summed E-state index contributed by atoms with van der Waals surface area (Å²) in [5.41, 5.74) is 1.49. The standard InChI is InChI=1S/C17H18F3N/c1-11(2)17(13-6-4-3-5-7-13)21-10-12-8-14(18)16(20)15(19)9-12/h3-9,11,17,21H,10H2,1-2H3. The fourth-order valence-electron chi connectivity index (χ4n) is 2.34.